The first-order valence-electron chi connectivity index (χ1n) is 12.4. The van der Waals surface area contributed by atoms with Crippen LogP contribution in [0.3, 0.4) is 0 Å². The van der Waals surface area contributed by atoms with Gasteiger partial charge in [0, 0.05) is 37.1 Å². The number of rotatable bonds is 9. The number of urea groups is 1. The highest BCUT2D eigenvalue weighted by molar-refractivity contribution is 5.89. The maximum Gasteiger partial charge on any atom is 0.319 e. The molecule has 1 fully saturated rings. The Morgan fingerprint density at radius 1 is 1.18 bits per heavy atom. The van der Waals surface area contributed by atoms with E-state index in [0.29, 0.717) is 18.8 Å². The zero-order valence-electron chi connectivity index (χ0n) is 20.2. The Labute approximate surface area is 202 Å². The molecule has 2 aromatic rings. The van der Waals surface area contributed by atoms with Crippen LogP contribution in [0.25, 0.3) is 0 Å². The van der Waals surface area contributed by atoms with Gasteiger partial charge in [-0.15, -0.1) is 0 Å². The van der Waals surface area contributed by atoms with E-state index >= 15 is 0 Å². The first-order valence-corrected chi connectivity index (χ1v) is 12.4. The predicted octanol–water partition coefficient (Wildman–Crippen LogP) is 4.88. The number of carbonyl (C=O) groups is 1. The highest BCUT2D eigenvalue weighted by Crippen LogP contribution is 2.49. The van der Waals surface area contributed by atoms with Crippen molar-refractivity contribution in [2.75, 3.05) is 49.5 Å². The van der Waals surface area contributed by atoms with E-state index in [1.54, 1.807) is 0 Å². The average Bonchev–Trinajstić information content (AvgIpc) is 3.47. The van der Waals surface area contributed by atoms with Crippen molar-refractivity contribution in [3.8, 4) is 11.8 Å². The Bertz CT molecular complexity index is 1030. The third-order valence-corrected chi connectivity index (χ3v) is 6.69. The Morgan fingerprint density at radius 3 is 2.74 bits per heavy atom. The molecule has 7 heteroatoms. The molecule has 34 heavy (non-hydrogen) atoms. The molecule has 0 aromatic heterocycles. The number of nitrogens with one attached hydrogen (secondary N) is 2. The molecule has 2 N–H and O–H groups in total. The summed E-state index contributed by atoms with van der Waals surface area (Å²) in [6.07, 6.45) is 3.64. The summed E-state index contributed by atoms with van der Waals surface area (Å²) in [7, 11) is 0. The van der Waals surface area contributed by atoms with Gasteiger partial charge in [0.1, 0.15) is 5.75 Å². The number of benzene rings is 2. The maximum absolute atomic E-state index is 12.0. The first-order chi connectivity index (χ1) is 16.6. The van der Waals surface area contributed by atoms with Gasteiger partial charge in [0.2, 0.25) is 0 Å². The van der Waals surface area contributed by atoms with Crippen molar-refractivity contribution in [3.63, 3.8) is 0 Å². The summed E-state index contributed by atoms with van der Waals surface area (Å²) in [6, 6.07) is 16.1. The molecular formula is C27H35N5O2. The molecule has 1 saturated heterocycles. The number of likely N-dealkylation sites (N-methyl/N-ethyl adjacent to an activating group) is 1. The van der Waals surface area contributed by atoms with Gasteiger partial charge in [0.25, 0.3) is 0 Å². The second kappa shape index (κ2) is 11.3. The van der Waals surface area contributed by atoms with Crippen molar-refractivity contribution in [1.29, 1.82) is 5.26 Å². The second-order valence-corrected chi connectivity index (χ2v) is 8.92. The third-order valence-electron chi connectivity index (χ3n) is 6.69. The molecule has 0 bridgehead atoms. The van der Waals surface area contributed by atoms with Gasteiger partial charge in [0.15, 0.2) is 0 Å². The minimum Gasteiger partial charge on any atom is -0.493 e. The lowest BCUT2D eigenvalue weighted by Gasteiger charge is -2.28. The van der Waals surface area contributed by atoms with E-state index in [1.807, 2.05) is 43.3 Å². The maximum atomic E-state index is 12.0. The summed E-state index contributed by atoms with van der Waals surface area (Å²) in [4.78, 5) is 16.8. The van der Waals surface area contributed by atoms with Gasteiger partial charge >= 0.3 is 6.03 Å². The molecule has 4 rings (SSSR count). The van der Waals surface area contributed by atoms with Crippen LogP contribution in [0, 0.1) is 11.3 Å². The van der Waals surface area contributed by atoms with Crippen LogP contribution in [0.15, 0.2) is 42.5 Å². The summed E-state index contributed by atoms with van der Waals surface area (Å²) in [5.74, 6) is 0.557. The number of amides is 2. The zero-order valence-corrected chi connectivity index (χ0v) is 20.2. The standard InChI is InChI=1S/C27H35N5O2/c1-3-29-27(33)30-21-10-7-9-20(17-21)26-24(19-28)23-12-11-22(18-25(23)32(26)4-2)34-16-8-15-31-13-5-6-14-31/h7,9-12,17-18,24,26H,3-6,8,13-16H2,1-2H3,(H2,29,30,33). The summed E-state index contributed by atoms with van der Waals surface area (Å²) in [5, 5.41) is 15.7. The normalized spacial score (nSPS) is 19.5. The number of fused-ring (bicyclic) bond motifs is 1. The van der Waals surface area contributed by atoms with Crippen LogP contribution in [-0.4, -0.2) is 50.3 Å². The van der Waals surface area contributed by atoms with E-state index < -0.39 is 0 Å². The molecule has 7 nitrogen and oxygen atoms in total. The molecule has 2 unspecified atom stereocenters. The number of nitrogens with zero attached hydrogens (tertiary/aromatic N) is 3. The van der Waals surface area contributed by atoms with E-state index in [1.165, 1.54) is 25.9 Å². The Hall–Kier alpha value is -3.24. The third kappa shape index (κ3) is 5.28. The van der Waals surface area contributed by atoms with Crippen LogP contribution in [0.1, 0.15) is 56.2 Å². The lowest BCUT2D eigenvalue weighted by Crippen LogP contribution is -2.29. The summed E-state index contributed by atoms with van der Waals surface area (Å²) in [5.41, 5.74) is 3.81. The quantitative estimate of drug-likeness (QED) is 0.520. The Morgan fingerprint density at radius 2 is 2.00 bits per heavy atom. The second-order valence-electron chi connectivity index (χ2n) is 8.92. The van der Waals surface area contributed by atoms with Crippen molar-refractivity contribution in [2.45, 2.75) is 45.1 Å². The molecule has 0 aliphatic carbocycles. The molecule has 2 aliphatic rings. The highest BCUT2D eigenvalue weighted by Gasteiger charge is 2.39. The molecule has 180 valence electrons. The lowest BCUT2D eigenvalue weighted by molar-refractivity contribution is 0.252. The van der Waals surface area contributed by atoms with Gasteiger partial charge in [-0.25, -0.2) is 4.79 Å². The smallest absolute Gasteiger partial charge is 0.319 e. The van der Waals surface area contributed by atoms with Crippen LogP contribution in [0.4, 0.5) is 16.2 Å². The number of hydrogen-bond acceptors (Lipinski definition) is 5. The van der Waals surface area contributed by atoms with Gasteiger partial charge in [-0.2, -0.15) is 5.26 Å². The lowest BCUT2D eigenvalue weighted by atomic mass is 9.91. The molecular weight excluding hydrogens is 426 g/mol. The number of likely N-dealkylation sites (tertiary alicyclic amines) is 1. The number of carbonyl (C=O) groups excluding carboxylic acids is 1. The van der Waals surface area contributed by atoms with Crippen molar-refractivity contribution in [2.24, 2.45) is 0 Å². The number of anilines is 2. The Kier molecular flexibility index (Phi) is 7.91. The van der Waals surface area contributed by atoms with Crippen LogP contribution < -0.4 is 20.3 Å². The number of hydrogen-bond donors (Lipinski definition) is 2. The predicted molar refractivity (Wildman–Crippen MR) is 135 cm³/mol. The highest BCUT2D eigenvalue weighted by atomic mass is 16.5. The van der Waals surface area contributed by atoms with Gasteiger partial charge in [-0.05, 0) is 75.5 Å². The van der Waals surface area contributed by atoms with Crippen molar-refractivity contribution >= 4 is 17.4 Å². The minimum absolute atomic E-state index is 0.119. The molecule has 2 amide bonds. The number of nitriles is 1. The van der Waals surface area contributed by atoms with Crippen LogP contribution in [0.5, 0.6) is 5.75 Å². The largest absolute Gasteiger partial charge is 0.493 e. The van der Waals surface area contributed by atoms with Crippen molar-refractivity contribution in [3.05, 3.63) is 53.6 Å². The van der Waals surface area contributed by atoms with Gasteiger partial charge < -0.3 is 25.2 Å². The molecule has 0 saturated carbocycles. The van der Waals surface area contributed by atoms with E-state index in [4.69, 9.17) is 4.74 Å². The average molecular weight is 462 g/mol. The molecule has 2 aromatic carbocycles. The fourth-order valence-electron chi connectivity index (χ4n) is 5.13. The summed E-state index contributed by atoms with van der Waals surface area (Å²) >= 11 is 0. The summed E-state index contributed by atoms with van der Waals surface area (Å²) < 4.78 is 6.09. The van der Waals surface area contributed by atoms with Crippen molar-refractivity contribution < 1.29 is 9.53 Å². The fraction of sp³-hybridized carbons (Fsp3) is 0.481. The zero-order chi connectivity index (χ0) is 23.9. The molecule has 2 aliphatic heterocycles. The minimum atomic E-state index is -0.293. The molecule has 2 heterocycles. The van der Waals surface area contributed by atoms with Gasteiger partial charge in [0.05, 0.1) is 24.6 Å². The first kappa shape index (κ1) is 23.9. The van der Waals surface area contributed by atoms with E-state index in [9.17, 15) is 10.1 Å². The van der Waals surface area contributed by atoms with E-state index in [-0.39, 0.29) is 18.0 Å². The topological polar surface area (TPSA) is 80.6 Å². The van der Waals surface area contributed by atoms with Crippen LogP contribution in [-0.2, 0) is 0 Å². The fourth-order valence-corrected chi connectivity index (χ4v) is 5.13. The molecule has 2 atom stereocenters. The van der Waals surface area contributed by atoms with E-state index in [0.717, 1.165) is 42.1 Å². The van der Waals surface area contributed by atoms with Crippen molar-refractivity contribution in [1.82, 2.24) is 10.2 Å². The molecule has 0 radical (unpaired) electrons. The number of ether oxygens (including phenoxy) is 1. The van der Waals surface area contributed by atoms with Crippen LogP contribution in [0.2, 0.25) is 0 Å². The molecule has 0 spiro atoms. The monoisotopic (exact) mass is 461 g/mol. The Balaban J connectivity index is 1.49. The van der Waals surface area contributed by atoms with E-state index in [2.05, 4.69) is 39.5 Å². The summed E-state index contributed by atoms with van der Waals surface area (Å²) in [6.45, 7) is 9.52. The van der Waals surface area contributed by atoms with Gasteiger partial charge in [-0.1, -0.05) is 18.2 Å². The SMILES string of the molecule is CCNC(=O)Nc1cccc(C2C(C#N)c3ccc(OCCCN4CCCC4)cc3N2CC)c1. The van der Waals surface area contributed by atoms with Gasteiger partial charge in [-0.3, -0.25) is 0 Å². The van der Waals surface area contributed by atoms with Crippen LogP contribution >= 0.6 is 0 Å².